The maximum atomic E-state index is 12.0. The third-order valence-electron chi connectivity index (χ3n) is 4.74. The summed E-state index contributed by atoms with van der Waals surface area (Å²) in [7, 11) is 0. The highest BCUT2D eigenvalue weighted by atomic mass is 16.6. The first-order valence-corrected chi connectivity index (χ1v) is 10.1. The summed E-state index contributed by atoms with van der Waals surface area (Å²) in [5.41, 5.74) is 7.29. The van der Waals surface area contributed by atoms with Crippen LogP contribution in [0.4, 0.5) is 16.3 Å². The van der Waals surface area contributed by atoms with Crippen molar-refractivity contribution in [2.24, 2.45) is 0 Å². The second-order valence-corrected chi connectivity index (χ2v) is 8.22. The van der Waals surface area contributed by atoms with Gasteiger partial charge in [-0.3, -0.25) is 5.32 Å². The number of nitrogens with zero attached hydrogens (tertiary/aromatic N) is 1. The Balaban J connectivity index is 1.73. The standard InChI is InChI=1S/C24H29N3O3/c1-5-16(15-29-21-11-10-20(25)18-8-6-7-9-19(18)21)17-12-13-26-22(14-17)27-23(28)30-24(2,3)4/h6-14,16H,5,15,25H2,1-4H3,(H,26,27,28). The van der Waals surface area contributed by atoms with Crippen molar-refractivity contribution in [2.45, 2.75) is 45.6 Å². The largest absolute Gasteiger partial charge is 0.492 e. The van der Waals surface area contributed by atoms with E-state index >= 15 is 0 Å². The van der Waals surface area contributed by atoms with E-state index in [1.807, 2.05) is 69.3 Å². The predicted octanol–water partition coefficient (Wildman–Crippen LogP) is 5.74. The smallest absolute Gasteiger partial charge is 0.413 e. The molecule has 0 saturated carbocycles. The van der Waals surface area contributed by atoms with Crippen molar-refractivity contribution in [3.8, 4) is 5.75 Å². The molecule has 1 aromatic heterocycles. The number of hydrogen-bond acceptors (Lipinski definition) is 5. The van der Waals surface area contributed by atoms with Crippen LogP contribution >= 0.6 is 0 Å². The first kappa shape index (κ1) is 21.4. The SMILES string of the molecule is CCC(COc1ccc(N)c2ccccc12)c1ccnc(NC(=O)OC(C)(C)C)c1. The lowest BCUT2D eigenvalue weighted by atomic mass is 9.98. The fourth-order valence-electron chi connectivity index (χ4n) is 3.24. The van der Waals surface area contributed by atoms with E-state index < -0.39 is 11.7 Å². The van der Waals surface area contributed by atoms with Crippen LogP contribution in [-0.2, 0) is 4.74 Å². The quantitative estimate of drug-likeness (QED) is 0.509. The molecule has 1 atom stereocenters. The molecule has 0 aliphatic rings. The Morgan fingerprint density at radius 3 is 2.57 bits per heavy atom. The molecule has 0 aliphatic heterocycles. The second-order valence-electron chi connectivity index (χ2n) is 8.22. The summed E-state index contributed by atoms with van der Waals surface area (Å²) in [5.74, 6) is 1.40. The van der Waals surface area contributed by atoms with Crippen LogP contribution in [-0.4, -0.2) is 23.3 Å². The summed E-state index contributed by atoms with van der Waals surface area (Å²) >= 11 is 0. The number of carbonyl (C=O) groups excluding carboxylic acids is 1. The number of carbonyl (C=O) groups is 1. The van der Waals surface area contributed by atoms with E-state index in [9.17, 15) is 4.79 Å². The lowest BCUT2D eigenvalue weighted by molar-refractivity contribution is 0.0635. The maximum Gasteiger partial charge on any atom is 0.413 e. The zero-order chi connectivity index (χ0) is 21.7. The van der Waals surface area contributed by atoms with Crippen LogP contribution in [0.5, 0.6) is 5.75 Å². The predicted molar refractivity (Wildman–Crippen MR) is 121 cm³/mol. The molecule has 3 rings (SSSR count). The van der Waals surface area contributed by atoms with Gasteiger partial charge in [0.25, 0.3) is 0 Å². The van der Waals surface area contributed by atoms with Gasteiger partial charge in [0.15, 0.2) is 0 Å². The number of rotatable bonds is 6. The number of aromatic nitrogens is 1. The van der Waals surface area contributed by atoms with Crippen LogP contribution in [0.25, 0.3) is 10.8 Å². The Hall–Kier alpha value is -3.28. The van der Waals surface area contributed by atoms with Gasteiger partial charge in [0.1, 0.15) is 17.2 Å². The van der Waals surface area contributed by atoms with E-state index in [1.165, 1.54) is 0 Å². The highest BCUT2D eigenvalue weighted by Gasteiger charge is 2.18. The van der Waals surface area contributed by atoms with Crippen molar-refractivity contribution in [3.63, 3.8) is 0 Å². The summed E-state index contributed by atoms with van der Waals surface area (Å²) < 4.78 is 11.5. The number of nitrogen functional groups attached to an aromatic ring is 1. The van der Waals surface area contributed by atoms with Gasteiger partial charge in [-0.05, 0) is 57.0 Å². The molecule has 1 heterocycles. The van der Waals surface area contributed by atoms with Crippen molar-refractivity contribution in [2.75, 3.05) is 17.7 Å². The molecule has 158 valence electrons. The third kappa shape index (κ3) is 5.41. The highest BCUT2D eigenvalue weighted by molar-refractivity contribution is 5.97. The molecule has 0 spiro atoms. The minimum atomic E-state index is -0.566. The van der Waals surface area contributed by atoms with Gasteiger partial charge in [-0.1, -0.05) is 31.2 Å². The van der Waals surface area contributed by atoms with Crippen molar-refractivity contribution in [3.05, 3.63) is 60.3 Å². The molecule has 0 radical (unpaired) electrons. The van der Waals surface area contributed by atoms with Gasteiger partial charge in [-0.2, -0.15) is 0 Å². The second kappa shape index (κ2) is 9.03. The van der Waals surface area contributed by atoms with Crippen LogP contribution in [0.15, 0.2) is 54.7 Å². The summed E-state index contributed by atoms with van der Waals surface area (Å²) in [6.45, 7) is 8.07. The Morgan fingerprint density at radius 2 is 1.87 bits per heavy atom. The topological polar surface area (TPSA) is 86.5 Å². The molecular formula is C24H29N3O3. The summed E-state index contributed by atoms with van der Waals surface area (Å²) in [4.78, 5) is 16.3. The van der Waals surface area contributed by atoms with Gasteiger partial charge in [0, 0.05) is 28.6 Å². The minimum Gasteiger partial charge on any atom is -0.492 e. The van der Waals surface area contributed by atoms with E-state index in [0.29, 0.717) is 12.4 Å². The Morgan fingerprint density at radius 1 is 1.13 bits per heavy atom. The molecule has 2 aromatic carbocycles. The zero-order valence-corrected chi connectivity index (χ0v) is 17.9. The molecule has 0 fully saturated rings. The third-order valence-corrected chi connectivity index (χ3v) is 4.74. The van der Waals surface area contributed by atoms with E-state index in [0.717, 1.165) is 34.2 Å². The number of hydrogen-bond donors (Lipinski definition) is 2. The number of pyridine rings is 1. The van der Waals surface area contributed by atoms with E-state index in [-0.39, 0.29) is 5.92 Å². The van der Waals surface area contributed by atoms with Crippen molar-refractivity contribution in [1.82, 2.24) is 4.98 Å². The number of ether oxygens (including phenoxy) is 2. The molecule has 0 saturated heterocycles. The molecule has 6 nitrogen and oxygen atoms in total. The first-order valence-electron chi connectivity index (χ1n) is 10.1. The fraction of sp³-hybridized carbons (Fsp3) is 0.333. The lowest BCUT2D eigenvalue weighted by Crippen LogP contribution is -2.27. The van der Waals surface area contributed by atoms with Crippen LogP contribution in [0, 0.1) is 0 Å². The number of nitrogens with two attached hydrogens (primary N) is 1. The highest BCUT2D eigenvalue weighted by Crippen LogP contribution is 2.31. The molecule has 0 bridgehead atoms. The van der Waals surface area contributed by atoms with E-state index in [2.05, 4.69) is 17.2 Å². The van der Waals surface area contributed by atoms with Crippen molar-refractivity contribution < 1.29 is 14.3 Å². The number of anilines is 2. The van der Waals surface area contributed by atoms with Crippen molar-refractivity contribution >= 4 is 28.4 Å². The van der Waals surface area contributed by atoms with Gasteiger partial charge in [-0.25, -0.2) is 9.78 Å². The Labute approximate surface area is 177 Å². The summed E-state index contributed by atoms with van der Waals surface area (Å²) in [5, 5.41) is 4.67. The Kier molecular flexibility index (Phi) is 6.45. The van der Waals surface area contributed by atoms with E-state index in [1.54, 1.807) is 6.20 Å². The summed E-state index contributed by atoms with van der Waals surface area (Å²) in [6.07, 6.45) is 2.04. The minimum absolute atomic E-state index is 0.142. The average Bonchev–Trinajstić information content (AvgIpc) is 2.69. The van der Waals surface area contributed by atoms with Gasteiger partial charge in [0.2, 0.25) is 0 Å². The van der Waals surface area contributed by atoms with Gasteiger partial charge in [0.05, 0.1) is 6.61 Å². The summed E-state index contributed by atoms with van der Waals surface area (Å²) in [6, 6.07) is 15.5. The number of benzene rings is 2. The normalized spacial score (nSPS) is 12.4. The lowest BCUT2D eigenvalue weighted by Gasteiger charge is -2.20. The number of fused-ring (bicyclic) bond motifs is 1. The molecule has 6 heteroatoms. The molecule has 1 amide bonds. The zero-order valence-electron chi connectivity index (χ0n) is 17.9. The van der Waals surface area contributed by atoms with Crippen LogP contribution in [0.1, 0.15) is 45.6 Å². The van der Waals surface area contributed by atoms with Crippen molar-refractivity contribution in [1.29, 1.82) is 0 Å². The van der Waals surface area contributed by atoms with Crippen LogP contribution in [0.3, 0.4) is 0 Å². The van der Waals surface area contributed by atoms with Gasteiger partial charge < -0.3 is 15.2 Å². The molecule has 3 aromatic rings. The fourth-order valence-corrected chi connectivity index (χ4v) is 3.24. The molecule has 1 unspecified atom stereocenters. The van der Waals surface area contributed by atoms with Crippen LogP contribution < -0.4 is 15.8 Å². The monoisotopic (exact) mass is 407 g/mol. The van der Waals surface area contributed by atoms with Gasteiger partial charge in [-0.15, -0.1) is 0 Å². The molecule has 3 N–H and O–H groups in total. The van der Waals surface area contributed by atoms with Gasteiger partial charge >= 0.3 is 6.09 Å². The number of amides is 1. The molecule has 30 heavy (non-hydrogen) atoms. The Bertz CT molecular complexity index is 1030. The maximum absolute atomic E-state index is 12.0. The molecule has 0 aliphatic carbocycles. The first-order chi connectivity index (χ1) is 14.3. The molecular weight excluding hydrogens is 378 g/mol. The average molecular weight is 408 g/mol. The van der Waals surface area contributed by atoms with Crippen LogP contribution in [0.2, 0.25) is 0 Å². The van der Waals surface area contributed by atoms with E-state index in [4.69, 9.17) is 15.2 Å². The number of nitrogens with one attached hydrogen (secondary N) is 1.